The lowest BCUT2D eigenvalue weighted by atomic mass is 10.2. The van der Waals surface area contributed by atoms with Crippen molar-refractivity contribution in [2.24, 2.45) is 0 Å². The first-order valence-corrected chi connectivity index (χ1v) is 18.0. The van der Waals surface area contributed by atoms with E-state index in [0.717, 1.165) is 0 Å². The molecule has 0 aromatic carbocycles. The number of hydrogen-bond acceptors (Lipinski definition) is 16. The van der Waals surface area contributed by atoms with Crippen molar-refractivity contribution in [3.05, 3.63) is 28.9 Å². The normalized spacial score (nSPS) is 27.0. The van der Waals surface area contributed by atoms with Gasteiger partial charge in [0.15, 0.2) is 17.7 Å². The highest BCUT2D eigenvalue weighted by atomic mass is 32.5. The smallest absolute Gasteiger partial charge is 0.325 e. The molecule has 2 fully saturated rings. The second kappa shape index (κ2) is 11.9. The molecule has 0 spiro atoms. The Labute approximate surface area is 252 Å². The molecule has 23 heteroatoms. The SMILES string of the molecule is Nc1nc2c(c(=O)[nH]1)NNN2[C@@H]1O[C@H](COP(O)(O)=S)C[C@H]1OP(O)(=S)OC[C@@H]1CC[C@H](n2ccc3c(N)ncnc32)O1. The van der Waals surface area contributed by atoms with Gasteiger partial charge in [0.05, 0.1) is 30.8 Å². The largest absolute Gasteiger partial charge is 0.383 e. The predicted octanol–water partition coefficient (Wildman–Crippen LogP) is -0.332. The maximum Gasteiger partial charge on any atom is 0.325 e. The number of H-pyrrole nitrogens is 1. The number of anilines is 4. The first-order valence-electron chi connectivity index (χ1n) is 12.8. The van der Waals surface area contributed by atoms with Crippen LogP contribution in [0.4, 0.5) is 23.3 Å². The Kier molecular flexibility index (Phi) is 8.46. The van der Waals surface area contributed by atoms with E-state index in [9.17, 15) is 19.5 Å². The third kappa shape index (κ3) is 6.69. The van der Waals surface area contributed by atoms with Crippen molar-refractivity contribution in [2.45, 2.75) is 50.0 Å². The monoisotopic (exact) mass is 678 g/mol. The number of rotatable bonds is 10. The summed E-state index contributed by atoms with van der Waals surface area (Å²) in [5.41, 5.74) is 17.3. The number of ether oxygens (including phenoxy) is 2. The average Bonchev–Trinajstić information content (AvgIpc) is 3.71. The van der Waals surface area contributed by atoms with Crippen LogP contribution in [0.5, 0.6) is 0 Å². The number of nitrogen functional groups attached to an aromatic ring is 2. The van der Waals surface area contributed by atoms with Gasteiger partial charge in [0.1, 0.15) is 30.1 Å². The van der Waals surface area contributed by atoms with Gasteiger partial charge in [-0.25, -0.2) is 15.0 Å². The van der Waals surface area contributed by atoms with E-state index in [1.807, 2.05) is 16.8 Å². The fourth-order valence-corrected chi connectivity index (χ4v) is 7.07. The number of hydrogen-bond donors (Lipinski definition) is 8. The summed E-state index contributed by atoms with van der Waals surface area (Å²) in [6.07, 6.45) is 1.04. The molecule has 6 heterocycles. The summed E-state index contributed by atoms with van der Waals surface area (Å²) in [6, 6.07) is 1.82. The quantitative estimate of drug-likeness (QED) is 0.128. The number of fused-ring (bicyclic) bond motifs is 2. The van der Waals surface area contributed by atoms with Crippen molar-refractivity contribution in [3.8, 4) is 0 Å². The Balaban J connectivity index is 1.12. The van der Waals surface area contributed by atoms with Crippen LogP contribution in [0.3, 0.4) is 0 Å². The van der Waals surface area contributed by atoms with E-state index in [2.05, 4.69) is 42.7 Å². The minimum Gasteiger partial charge on any atom is -0.383 e. The third-order valence-electron chi connectivity index (χ3n) is 6.90. The van der Waals surface area contributed by atoms with Gasteiger partial charge in [-0.3, -0.25) is 15.2 Å². The highest BCUT2D eigenvalue weighted by molar-refractivity contribution is 8.07. The van der Waals surface area contributed by atoms with Crippen LogP contribution in [-0.2, 0) is 46.7 Å². The van der Waals surface area contributed by atoms with Crippen LogP contribution in [0.15, 0.2) is 23.4 Å². The molecule has 19 nitrogen and oxygen atoms in total. The fourth-order valence-electron chi connectivity index (χ4n) is 5.06. The van der Waals surface area contributed by atoms with Crippen LogP contribution >= 0.6 is 13.4 Å². The van der Waals surface area contributed by atoms with Crippen LogP contribution in [0, 0.1) is 0 Å². The van der Waals surface area contributed by atoms with Gasteiger partial charge in [0.2, 0.25) is 5.95 Å². The van der Waals surface area contributed by atoms with Gasteiger partial charge in [-0.2, -0.15) is 4.98 Å². The average molecular weight is 679 g/mol. The Hall–Kier alpha value is -2.36. The number of nitrogens with one attached hydrogen (secondary N) is 3. The zero-order valence-corrected chi connectivity index (χ0v) is 25.5. The molecule has 10 N–H and O–H groups in total. The number of nitrogens with two attached hydrogens (primary N) is 2. The van der Waals surface area contributed by atoms with Gasteiger partial charge in [-0.15, -0.1) is 5.53 Å². The molecule has 0 bridgehead atoms. The Bertz CT molecular complexity index is 1670. The lowest BCUT2D eigenvalue weighted by Gasteiger charge is -2.30. The highest BCUT2D eigenvalue weighted by Crippen LogP contribution is 2.49. The van der Waals surface area contributed by atoms with Crippen LogP contribution in [0.1, 0.15) is 25.5 Å². The Morgan fingerprint density at radius 1 is 1.12 bits per heavy atom. The molecule has 3 aliphatic rings. The molecule has 0 saturated carbocycles. The van der Waals surface area contributed by atoms with Crippen LogP contribution in [0.25, 0.3) is 11.0 Å². The molecule has 2 saturated heterocycles. The molecule has 3 aliphatic heterocycles. The van der Waals surface area contributed by atoms with Crippen molar-refractivity contribution in [1.29, 1.82) is 0 Å². The van der Waals surface area contributed by atoms with E-state index in [1.165, 1.54) is 11.3 Å². The summed E-state index contributed by atoms with van der Waals surface area (Å²) in [7, 11) is 0. The minimum absolute atomic E-state index is 0.0524. The van der Waals surface area contributed by atoms with Gasteiger partial charge in [0.25, 0.3) is 5.56 Å². The van der Waals surface area contributed by atoms with E-state index in [4.69, 9.17) is 46.3 Å². The summed E-state index contributed by atoms with van der Waals surface area (Å²) in [5.74, 6) is 0.318. The van der Waals surface area contributed by atoms with E-state index in [1.54, 1.807) is 0 Å². The zero-order chi connectivity index (χ0) is 30.5. The summed E-state index contributed by atoms with van der Waals surface area (Å²) in [6.45, 7) is -8.21. The van der Waals surface area contributed by atoms with Crippen molar-refractivity contribution in [1.82, 2.24) is 30.0 Å². The van der Waals surface area contributed by atoms with Crippen molar-refractivity contribution in [3.63, 3.8) is 0 Å². The number of hydrazine groups is 2. The maximum absolute atomic E-state index is 12.3. The maximum atomic E-state index is 12.3. The van der Waals surface area contributed by atoms with Gasteiger partial charge in [-0.05, 0) is 42.5 Å². The Morgan fingerprint density at radius 2 is 1.91 bits per heavy atom. The minimum atomic E-state index is -3.97. The van der Waals surface area contributed by atoms with E-state index in [0.29, 0.717) is 29.7 Å². The number of nitrogens with zero attached hydrogens (tertiary/aromatic N) is 5. The second-order valence-electron chi connectivity index (χ2n) is 9.84. The molecular weight excluding hydrogens is 650 g/mol. The summed E-state index contributed by atoms with van der Waals surface area (Å²) < 4.78 is 30.5. The van der Waals surface area contributed by atoms with Gasteiger partial charge in [-0.1, -0.05) is 0 Å². The van der Waals surface area contributed by atoms with Crippen LogP contribution in [-0.4, -0.2) is 76.9 Å². The molecule has 0 aliphatic carbocycles. The molecule has 234 valence electrons. The molecule has 0 radical (unpaired) electrons. The van der Waals surface area contributed by atoms with Crippen molar-refractivity contribution < 1.29 is 37.7 Å². The standard InChI is InChI=1S/C20H28N10O9P2S2/c21-15-11-3-4-29(16(11)24-8-23-15)13-2-1-9(37-13)6-36-41(34,43)39-12-5-10(7-35-40(32,33)42)38-19(12)30-17-14(27-28-30)18(31)26-20(22)25-17/h3-4,8-10,12-13,19,27-28H,1-2,5-7H2,(H,34,43)(H2,21,23,24)(H2,32,33,42)(H3,22,25,26,31)/t9-,10-,12+,13+,19+,41?/m0/s1. The lowest BCUT2D eigenvalue weighted by molar-refractivity contribution is -0.0258. The summed E-state index contributed by atoms with van der Waals surface area (Å²) >= 11 is 9.84. The zero-order valence-electron chi connectivity index (χ0n) is 22.0. The van der Waals surface area contributed by atoms with Crippen LogP contribution < -0.4 is 33.0 Å². The Morgan fingerprint density at radius 3 is 2.70 bits per heavy atom. The van der Waals surface area contributed by atoms with Gasteiger partial charge < -0.3 is 53.8 Å². The van der Waals surface area contributed by atoms with E-state index >= 15 is 0 Å². The molecular formula is C20H28N10O9P2S2. The highest BCUT2D eigenvalue weighted by Gasteiger charge is 2.46. The first-order chi connectivity index (χ1) is 20.4. The van der Waals surface area contributed by atoms with Crippen molar-refractivity contribution >= 4 is 71.4 Å². The van der Waals surface area contributed by atoms with Crippen molar-refractivity contribution in [2.75, 3.05) is 35.1 Å². The molecule has 0 amide bonds. The fraction of sp³-hybridized carbons (Fsp3) is 0.500. The third-order valence-corrected chi connectivity index (χ3v) is 9.29. The molecule has 3 aromatic heterocycles. The molecule has 6 rings (SSSR count). The number of aromatic nitrogens is 5. The topological polar surface area (TPSA) is 263 Å². The van der Waals surface area contributed by atoms with Gasteiger partial charge in [0, 0.05) is 12.6 Å². The first kappa shape index (κ1) is 30.7. The molecule has 43 heavy (non-hydrogen) atoms. The number of aromatic amines is 1. The molecule has 6 atom stereocenters. The molecule has 3 aromatic rings. The predicted molar refractivity (Wildman–Crippen MR) is 159 cm³/mol. The molecule has 1 unspecified atom stereocenters. The lowest BCUT2D eigenvalue weighted by Crippen LogP contribution is -2.49. The summed E-state index contributed by atoms with van der Waals surface area (Å²) in [5, 5.41) is 2.05. The summed E-state index contributed by atoms with van der Waals surface area (Å²) in [4.78, 5) is 57.1. The van der Waals surface area contributed by atoms with E-state index in [-0.39, 0.29) is 43.3 Å². The van der Waals surface area contributed by atoms with Crippen LogP contribution in [0.2, 0.25) is 0 Å². The second-order valence-corrected chi connectivity index (χ2v) is 15.3. The van der Waals surface area contributed by atoms with Gasteiger partial charge >= 0.3 is 13.4 Å². The van der Waals surface area contributed by atoms with E-state index < -0.39 is 43.5 Å².